The normalized spacial score (nSPS) is 13.8. The topological polar surface area (TPSA) is 62.4 Å². The lowest BCUT2D eigenvalue weighted by molar-refractivity contribution is 0.0602. The molecule has 1 aliphatic heterocycles. The van der Waals surface area contributed by atoms with Crippen LogP contribution in [0.25, 0.3) is 10.9 Å². The highest BCUT2D eigenvalue weighted by Gasteiger charge is 2.26. The van der Waals surface area contributed by atoms with Gasteiger partial charge in [-0.05, 0) is 17.5 Å². The van der Waals surface area contributed by atoms with Crippen molar-refractivity contribution in [3.05, 3.63) is 57.4 Å². The first-order valence-electron chi connectivity index (χ1n) is 7.72. The molecule has 4 rings (SSSR count). The van der Waals surface area contributed by atoms with Gasteiger partial charge in [0.15, 0.2) is 0 Å². The van der Waals surface area contributed by atoms with Crippen LogP contribution in [0.15, 0.2) is 35.7 Å². The number of para-hydroxylation sites is 1. The Morgan fingerprint density at radius 3 is 2.88 bits per heavy atom. The minimum absolute atomic E-state index is 0.0640. The monoisotopic (exact) mass is 340 g/mol. The van der Waals surface area contributed by atoms with Gasteiger partial charge in [0.05, 0.1) is 23.1 Å². The summed E-state index contributed by atoms with van der Waals surface area (Å²) in [6.07, 6.45) is 0.752. The molecule has 1 aliphatic rings. The van der Waals surface area contributed by atoms with E-state index in [4.69, 9.17) is 4.74 Å². The van der Waals surface area contributed by atoms with Crippen molar-refractivity contribution in [3.8, 4) is 0 Å². The van der Waals surface area contributed by atoms with E-state index >= 15 is 0 Å². The second-order valence-electron chi connectivity index (χ2n) is 5.76. The number of hydrogen-bond acceptors (Lipinski definition) is 4. The Hall–Kier alpha value is -2.60. The highest BCUT2D eigenvalue weighted by atomic mass is 32.1. The molecule has 0 aliphatic carbocycles. The van der Waals surface area contributed by atoms with Gasteiger partial charge in [-0.15, -0.1) is 11.3 Å². The van der Waals surface area contributed by atoms with Crippen molar-refractivity contribution in [1.82, 2.24) is 9.88 Å². The molecule has 5 nitrogen and oxygen atoms in total. The molecule has 6 heteroatoms. The van der Waals surface area contributed by atoms with Gasteiger partial charge in [0, 0.05) is 36.2 Å². The fourth-order valence-corrected chi connectivity index (χ4v) is 3.94. The third kappa shape index (κ3) is 2.30. The maximum atomic E-state index is 12.6. The fraction of sp³-hybridized carbons (Fsp3) is 0.222. The molecule has 0 radical (unpaired) electrons. The number of carbonyl (C=O) groups is 2. The van der Waals surface area contributed by atoms with E-state index in [2.05, 4.69) is 4.98 Å². The molecule has 0 spiro atoms. The van der Waals surface area contributed by atoms with Crippen molar-refractivity contribution in [2.75, 3.05) is 13.7 Å². The summed E-state index contributed by atoms with van der Waals surface area (Å²) in [5.41, 5.74) is 3.50. The predicted molar refractivity (Wildman–Crippen MR) is 92.4 cm³/mol. The molecule has 3 heterocycles. The van der Waals surface area contributed by atoms with Crippen molar-refractivity contribution in [2.45, 2.75) is 13.0 Å². The number of nitrogens with one attached hydrogen (secondary N) is 1. The van der Waals surface area contributed by atoms with Crippen LogP contribution >= 0.6 is 11.3 Å². The van der Waals surface area contributed by atoms with Crippen LogP contribution in [0.5, 0.6) is 0 Å². The first-order valence-corrected chi connectivity index (χ1v) is 8.60. The third-order valence-electron chi connectivity index (χ3n) is 4.43. The summed E-state index contributed by atoms with van der Waals surface area (Å²) >= 11 is 1.46. The summed E-state index contributed by atoms with van der Waals surface area (Å²) in [4.78, 5) is 30.5. The van der Waals surface area contributed by atoms with Gasteiger partial charge in [-0.3, -0.25) is 4.79 Å². The summed E-state index contributed by atoms with van der Waals surface area (Å²) in [5, 5.41) is 2.90. The lowest BCUT2D eigenvalue weighted by Crippen LogP contribution is -2.35. The van der Waals surface area contributed by atoms with E-state index in [9.17, 15) is 9.59 Å². The summed E-state index contributed by atoms with van der Waals surface area (Å²) in [5.74, 6) is -0.292. The van der Waals surface area contributed by atoms with Gasteiger partial charge in [0.2, 0.25) is 0 Å². The van der Waals surface area contributed by atoms with Crippen LogP contribution in [-0.2, 0) is 17.7 Å². The van der Waals surface area contributed by atoms with E-state index in [0.29, 0.717) is 18.7 Å². The Bertz CT molecular complexity index is 927. The van der Waals surface area contributed by atoms with E-state index in [1.165, 1.54) is 18.4 Å². The zero-order valence-electron chi connectivity index (χ0n) is 13.2. The Kier molecular flexibility index (Phi) is 3.61. The average molecular weight is 340 g/mol. The molecule has 1 N–H and O–H groups in total. The van der Waals surface area contributed by atoms with Crippen LogP contribution in [0.1, 0.15) is 31.3 Å². The van der Waals surface area contributed by atoms with E-state index in [0.717, 1.165) is 33.5 Å². The molecule has 1 amide bonds. The number of rotatable bonds is 2. The first-order chi connectivity index (χ1) is 11.7. The van der Waals surface area contributed by atoms with Crippen molar-refractivity contribution in [1.29, 1.82) is 0 Å². The largest absolute Gasteiger partial charge is 0.465 e. The molecular formula is C18H16N2O3S. The molecule has 0 saturated heterocycles. The van der Waals surface area contributed by atoms with Gasteiger partial charge in [0.1, 0.15) is 0 Å². The molecular weight excluding hydrogens is 324 g/mol. The number of methoxy groups -OCH3 is 1. The highest BCUT2D eigenvalue weighted by Crippen LogP contribution is 2.30. The molecule has 122 valence electrons. The lowest BCUT2D eigenvalue weighted by atomic mass is 10.0. The van der Waals surface area contributed by atoms with Crippen LogP contribution in [0.3, 0.4) is 0 Å². The quantitative estimate of drug-likeness (QED) is 0.729. The summed E-state index contributed by atoms with van der Waals surface area (Å²) in [6.45, 7) is 1.22. The van der Waals surface area contributed by atoms with Crippen LogP contribution in [0.4, 0.5) is 0 Å². The number of carbonyl (C=O) groups excluding carboxylic acids is 2. The molecule has 0 saturated carbocycles. The van der Waals surface area contributed by atoms with Crippen molar-refractivity contribution in [2.24, 2.45) is 0 Å². The number of hydrogen-bond donors (Lipinski definition) is 1. The van der Waals surface area contributed by atoms with E-state index in [1.54, 1.807) is 6.07 Å². The number of H-pyrrole nitrogens is 1. The molecule has 0 bridgehead atoms. The second-order valence-corrected chi connectivity index (χ2v) is 6.70. The van der Waals surface area contributed by atoms with Crippen molar-refractivity contribution in [3.63, 3.8) is 0 Å². The molecule has 3 aromatic rings. The first kappa shape index (κ1) is 15.0. The molecule has 1 aromatic carbocycles. The zero-order chi connectivity index (χ0) is 16.7. The van der Waals surface area contributed by atoms with Gasteiger partial charge in [-0.1, -0.05) is 18.2 Å². The van der Waals surface area contributed by atoms with Crippen LogP contribution in [-0.4, -0.2) is 35.4 Å². The summed E-state index contributed by atoms with van der Waals surface area (Å²) in [6, 6.07) is 9.33. The number of fused-ring (bicyclic) bond motifs is 3. The van der Waals surface area contributed by atoms with Gasteiger partial charge < -0.3 is 14.6 Å². The SMILES string of the molecule is COC(=O)c1cccc2c3c([nH]c12)CCN(C(=O)c1cccs1)C3. The van der Waals surface area contributed by atoms with Crippen LogP contribution < -0.4 is 0 Å². The van der Waals surface area contributed by atoms with E-state index in [-0.39, 0.29) is 11.9 Å². The fourth-order valence-electron chi connectivity index (χ4n) is 3.25. The van der Waals surface area contributed by atoms with Crippen molar-refractivity contribution >= 4 is 34.1 Å². The molecule has 0 unspecified atom stereocenters. The minimum Gasteiger partial charge on any atom is -0.465 e. The second kappa shape index (κ2) is 5.79. The third-order valence-corrected chi connectivity index (χ3v) is 5.29. The number of aromatic nitrogens is 1. The van der Waals surface area contributed by atoms with Gasteiger partial charge in [-0.25, -0.2) is 4.79 Å². The number of esters is 1. The number of amides is 1. The number of aromatic amines is 1. The Morgan fingerprint density at radius 2 is 2.12 bits per heavy atom. The molecule has 0 fully saturated rings. The standard InChI is InChI=1S/C18H16N2O3S/c1-23-18(22)12-5-2-4-11-13-10-20(8-7-14(13)19-16(11)12)17(21)15-6-3-9-24-15/h2-6,9,19H,7-8,10H2,1H3. The van der Waals surface area contributed by atoms with E-state index in [1.807, 2.05) is 34.5 Å². The number of nitrogens with zero attached hydrogens (tertiary/aromatic N) is 1. The van der Waals surface area contributed by atoms with Gasteiger partial charge in [0.25, 0.3) is 5.91 Å². The molecule has 24 heavy (non-hydrogen) atoms. The number of thiophene rings is 1. The molecule has 0 atom stereocenters. The Labute approximate surface area is 142 Å². The number of benzene rings is 1. The summed E-state index contributed by atoms with van der Waals surface area (Å²) < 4.78 is 4.86. The molecule has 2 aromatic heterocycles. The minimum atomic E-state index is -0.356. The summed E-state index contributed by atoms with van der Waals surface area (Å²) in [7, 11) is 1.38. The lowest BCUT2D eigenvalue weighted by Gasteiger charge is -2.26. The predicted octanol–water partition coefficient (Wildman–Crippen LogP) is 3.21. The maximum absolute atomic E-state index is 12.6. The smallest absolute Gasteiger partial charge is 0.339 e. The Morgan fingerprint density at radius 1 is 1.25 bits per heavy atom. The van der Waals surface area contributed by atoms with Gasteiger partial charge >= 0.3 is 5.97 Å². The Balaban J connectivity index is 1.73. The maximum Gasteiger partial charge on any atom is 0.339 e. The van der Waals surface area contributed by atoms with Crippen molar-refractivity contribution < 1.29 is 14.3 Å². The van der Waals surface area contributed by atoms with Crippen LogP contribution in [0, 0.1) is 0 Å². The highest BCUT2D eigenvalue weighted by molar-refractivity contribution is 7.12. The van der Waals surface area contributed by atoms with Crippen LogP contribution in [0.2, 0.25) is 0 Å². The number of ether oxygens (including phenoxy) is 1. The average Bonchev–Trinajstić information content (AvgIpc) is 3.27. The van der Waals surface area contributed by atoms with Gasteiger partial charge in [-0.2, -0.15) is 0 Å². The zero-order valence-corrected chi connectivity index (χ0v) is 14.0. The van der Waals surface area contributed by atoms with E-state index < -0.39 is 0 Å².